The quantitative estimate of drug-likeness (QED) is 0.903. The van der Waals surface area contributed by atoms with Crippen LogP contribution in [0, 0.1) is 0 Å². The largest absolute Gasteiger partial charge is 0.384 e. The number of anilines is 1. The molecule has 4 heteroatoms. The Bertz CT molecular complexity index is 491. The first kappa shape index (κ1) is 14.4. The molecule has 3 rings (SSSR count). The predicted octanol–water partition coefficient (Wildman–Crippen LogP) is 2.43. The van der Waals surface area contributed by atoms with Crippen molar-refractivity contribution in [2.75, 3.05) is 38.0 Å². The number of piperazine rings is 1. The molecule has 4 nitrogen and oxygen atoms in total. The fourth-order valence-electron chi connectivity index (χ4n) is 2.98. The fraction of sp³-hybridized carbons (Fsp3) is 0.588. The molecule has 0 bridgehead atoms. The average molecular weight is 287 g/mol. The zero-order valence-electron chi connectivity index (χ0n) is 12.8. The lowest BCUT2D eigenvalue weighted by molar-refractivity contribution is 0.0628. The van der Waals surface area contributed by atoms with Gasteiger partial charge in [0.05, 0.1) is 5.56 Å². The molecule has 21 heavy (non-hydrogen) atoms. The van der Waals surface area contributed by atoms with E-state index in [0.717, 1.165) is 56.4 Å². The Hall–Kier alpha value is -1.55. The van der Waals surface area contributed by atoms with E-state index >= 15 is 0 Å². The number of hydrogen-bond acceptors (Lipinski definition) is 3. The molecule has 2 fully saturated rings. The number of nitrogens with zero attached hydrogens (tertiary/aromatic N) is 2. The lowest BCUT2D eigenvalue weighted by Crippen LogP contribution is -2.49. The van der Waals surface area contributed by atoms with Crippen LogP contribution in [0.2, 0.25) is 0 Å². The summed E-state index contributed by atoms with van der Waals surface area (Å²) in [6.45, 7) is 6.81. The van der Waals surface area contributed by atoms with Crippen LogP contribution < -0.4 is 5.32 Å². The second-order valence-electron chi connectivity index (χ2n) is 6.03. The lowest BCUT2D eigenvalue weighted by Gasteiger charge is -2.35. The van der Waals surface area contributed by atoms with E-state index in [1.807, 2.05) is 29.2 Å². The highest BCUT2D eigenvalue weighted by atomic mass is 16.2. The minimum atomic E-state index is 0.171. The predicted molar refractivity (Wildman–Crippen MR) is 85.7 cm³/mol. The minimum absolute atomic E-state index is 0.171. The summed E-state index contributed by atoms with van der Waals surface area (Å²) in [5, 5.41) is 3.36. The topological polar surface area (TPSA) is 35.6 Å². The number of amides is 1. The van der Waals surface area contributed by atoms with Gasteiger partial charge in [-0.1, -0.05) is 19.1 Å². The van der Waals surface area contributed by atoms with Gasteiger partial charge in [-0.2, -0.15) is 0 Å². The molecule has 0 spiro atoms. The number of rotatable bonds is 5. The zero-order chi connectivity index (χ0) is 14.7. The molecule has 1 aliphatic heterocycles. The summed E-state index contributed by atoms with van der Waals surface area (Å²) in [4.78, 5) is 17.3. The molecule has 1 saturated heterocycles. The third-order valence-electron chi connectivity index (χ3n) is 4.39. The van der Waals surface area contributed by atoms with E-state index in [9.17, 15) is 4.79 Å². The smallest absolute Gasteiger partial charge is 0.256 e. The van der Waals surface area contributed by atoms with Gasteiger partial charge in [-0.3, -0.25) is 9.69 Å². The first-order valence-corrected chi connectivity index (χ1v) is 8.16. The van der Waals surface area contributed by atoms with Gasteiger partial charge in [-0.15, -0.1) is 0 Å². The highest BCUT2D eigenvalue weighted by Crippen LogP contribution is 2.28. The van der Waals surface area contributed by atoms with E-state index in [4.69, 9.17) is 0 Å². The van der Waals surface area contributed by atoms with Crippen LogP contribution in [0.4, 0.5) is 5.69 Å². The maximum atomic E-state index is 12.7. The van der Waals surface area contributed by atoms with Gasteiger partial charge in [0.2, 0.25) is 0 Å². The van der Waals surface area contributed by atoms with Gasteiger partial charge in [-0.05, 0) is 31.4 Å². The van der Waals surface area contributed by atoms with Gasteiger partial charge in [0.25, 0.3) is 5.91 Å². The van der Waals surface area contributed by atoms with E-state index in [1.54, 1.807) is 0 Å². The molecule has 0 radical (unpaired) electrons. The molecule has 1 heterocycles. The van der Waals surface area contributed by atoms with E-state index < -0.39 is 0 Å². The van der Waals surface area contributed by atoms with E-state index in [0.29, 0.717) is 0 Å². The van der Waals surface area contributed by atoms with Crippen LogP contribution in [0.3, 0.4) is 0 Å². The summed E-state index contributed by atoms with van der Waals surface area (Å²) in [5.74, 6) is 0.171. The normalized spacial score (nSPS) is 19.6. The van der Waals surface area contributed by atoms with Gasteiger partial charge < -0.3 is 10.2 Å². The maximum absolute atomic E-state index is 12.7. The van der Waals surface area contributed by atoms with Crippen molar-refractivity contribution in [1.29, 1.82) is 0 Å². The molecular weight excluding hydrogens is 262 g/mol. The molecule has 0 atom stereocenters. The molecule has 0 aromatic heterocycles. The summed E-state index contributed by atoms with van der Waals surface area (Å²) >= 11 is 0. The number of benzene rings is 1. The van der Waals surface area contributed by atoms with Crippen LogP contribution >= 0.6 is 0 Å². The second kappa shape index (κ2) is 6.48. The Kier molecular flexibility index (Phi) is 4.44. The van der Waals surface area contributed by atoms with Crippen molar-refractivity contribution in [1.82, 2.24) is 9.80 Å². The molecule has 1 aromatic carbocycles. The number of carbonyl (C=O) groups excluding carboxylic acids is 1. The fourth-order valence-corrected chi connectivity index (χ4v) is 2.98. The summed E-state index contributed by atoms with van der Waals surface area (Å²) in [5.41, 5.74) is 1.78. The first-order valence-electron chi connectivity index (χ1n) is 8.16. The van der Waals surface area contributed by atoms with Gasteiger partial charge in [0.15, 0.2) is 0 Å². The summed E-state index contributed by atoms with van der Waals surface area (Å²) in [7, 11) is 0. The van der Waals surface area contributed by atoms with Crippen LogP contribution in [-0.2, 0) is 0 Å². The molecule has 1 aromatic rings. The monoisotopic (exact) mass is 287 g/mol. The van der Waals surface area contributed by atoms with E-state index in [1.165, 1.54) is 12.8 Å². The highest BCUT2D eigenvalue weighted by molar-refractivity contribution is 5.99. The average Bonchev–Trinajstić information content (AvgIpc) is 3.37. The van der Waals surface area contributed by atoms with Crippen molar-refractivity contribution in [3.63, 3.8) is 0 Å². The van der Waals surface area contributed by atoms with Crippen LogP contribution in [0.1, 0.15) is 36.5 Å². The number of para-hydroxylation sites is 1. The molecule has 1 N–H and O–H groups in total. The molecule has 1 amide bonds. The zero-order valence-corrected chi connectivity index (χ0v) is 12.8. The lowest BCUT2D eigenvalue weighted by atomic mass is 10.1. The maximum Gasteiger partial charge on any atom is 0.256 e. The second-order valence-corrected chi connectivity index (χ2v) is 6.03. The third-order valence-corrected chi connectivity index (χ3v) is 4.39. The number of nitrogens with one attached hydrogen (secondary N) is 1. The Morgan fingerprint density at radius 2 is 1.90 bits per heavy atom. The Morgan fingerprint density at radius 3 is 2.57 bits per heavy atom. The third kappa shape index (κ3) is 3.38. The Labute approximate surface area is 127 Å². The van der Waals surface area contributed by atoms with Gasteiger partial charge >= 0.3 is 0 Å². The van der Waals surface area contributed by atoms with Crippen molar-refractivity contribution in [2.45, 2.75) is 32.2 Å². The van der Waals surface area contributed by atoms with Crippen molar-refractivity contribution < 1.29 is 4.79 Å². The van der Waals surface area contributed by atoms with Crippen molar-refractivity contribution in [2.24, 2.45) is 0 Å². The summed E-state index contributed by atoms with van der Waals surface area (Å²) in [6, 6.07) is 8.68. The molecule has 2 aliphatic rings. The summed E-state index contributed by atoms with van der Waals surface area (Å²) < 4.78 is 0. The first-order chi connectivity index (χ1) is 10.3. The molecule has 0 unspecified atom stereocenters. The number of carbonyl (C=O) groups is 1. The molecule has 1 saturated carbocycles. The van der Waals surface area contributed by atoms with Crippen LogP contribution in [0.25, 0.3) is 0 Å². The molecular formula is C17H25N3O. The standard InChI is InChI=1S/C17H25N3O/c1-2-9-18-16-6-4-3-5-15(16)17(21)20-12-10-19(11-13-20)14-7-8-14/h3-6,14,18H,2,7-13H2,1H3. The van der Waals surface area contributed by atoms with Crippen molar-refractivity contribution in [3.8, 4) is 0 Å². The van der Waals surface area contributed by atoms with Crippen molar-refractivity contribution >= 4 is 11.6 Å². The molecule has 1 aliphatic carbocycles. The van der Waals surface area contributed by atoms with Crippen LogP contribution in [0.5, 0.6) is 0 Å². The Balaban J connectivity index is 1.64. The number of hydrogen-bond donors (Lipinski definition) is 1. The van der Waals surface area contributed by atoms with Crippen molar-refractivity contribution in [3.05, 3.63) is 29.8 Å². The molecule has 114 valence electrons. The van der Waals surface area contributed by atoms with E-state index in [-0.39, 0.29) is 5.91 Å². The Morgan fingerprint density at radius 1 is 1.19 bits per heavy atom. The van der Waals surface area contributed by atoms with Gasteiger partial charge in [-0.25, -0.2) is 0 Å². The van der Waals surface area contributed by atoms with Crippen LogP contribution in [0.15, 0.2) is 24.3 Å². The van der Waals surface area contributed by atoms with Gasteiger partial charge in [0.1, 0.15) is 0 Å². The highest BCUT2D eigenvalue weighted by Gasteiger charge is 2.32. The minimum Gasteiger partial charge on any atom is -0.384 e. The van der Waals surface area contributed by atoms with Gasteiger partial charge in [0, 0.05) is 44.5 Å². The summed E-state index contributed by atoms with van der Waals surface area (Å²) in [6.07, 6.45) is 3.75. The van der Waals surface area contributed by atoms with E-state index in [2.05, 4.69) is 17.1 Å². The van der Waals surface area contributed by atoms with Crippen LogP contribution in [-0.4, -0.2) is 54.5 Å². The SMILES string of the molecule is CCCNc1ccccc1C(=O)N1CCN(C2CC2)CC1.